The van der Waals surface area contributed by atoms with Gasteiger partial charge in [-0.1, -0.05) is 16.9 Å². The van der Waals surface area contributed by atoms with E-state index in [1.54, 1.807) is 18.4 Å². The number of nitrogens with zero attached hydrogens (tertiary/aromatic N) is 3. The first-order chi connectivity index (χ1) is 9.70. The molecule has 0 saturated heterocycles. The van der Waals surface area contributed by atoms with Gasteiger partial charge in [0.25, 0.3) is 0 Å². The number of nitrogens with two attached hydrogens (primary N) is 2. The molecule has 0 aliphatic rings. The van der Waals surface area contributed by atoms with Crippen molar-refractivity contribution in [3.8, 4) is 11.5 Å². The largest absolute Gasteiger partial charge is 0.461 e. The van der Waals surface area contributed by atoms with E-state index in [9.17, 15) is 0 Å². The van der Waals surface area contributed by atoms with E-state index in [2.05, 4.69) is 15.1 Å². The molecule has 0 radical (unpaired) electrons. The molecule has 102 valence electrons. The van der Waals surface area contributed by atoms with E-state index in [4.69, 9.17) is 20.4 Å². The van der Waals surface area contributed by atoms with E-state index < -0.39 is 0 Å². The molecule has 0 saturated carbocycles. The summed E-state index contributed by atoms with van der Waals surface area (Å²) < 4.78 is 10.4. The smallest absolute Gasteiger partial charge is 0.202 e. The van der Waals surface area contributed by atoms with Crippen molar-refractivity contribution in [3.63, 3.8) is 0 Å². The summed E-state index contributed by atoms with van der Waals surface area (Å²) in [6.45, 7) is 0. The van der Waals surface area contributed by atoms with Crippen molar-refractivity contribution in [2.24, 2.45) is 0 Å². The predicted molar refractivity (Wildman–Crippen MR) is 74.6 cm³/mol. The summed E-state index contributed by atoms with van der Waals surface area (Å²) in [4.78, 5) is 8.16. The fraction of sp³-hybridized carbons (Fsp3) is 0.0833. The Bertz CT molecular complexity index is 690. The van der Waals surface area contributed by atoms with Crippen molar-refractivity contribution in [2.45, 2.75) is 10.9 Å². The quantitative estimate of drug-likeness (QED) is 0.554. The van der Waals surface area contributed by atoms with Crippen LogP contribution < -0.4 is 11.5 Å². The van der Waals surface area contributed by atoms with Crippen LogP contribution in [-0.4, -0.2) is 15.1 Å². The van der Waals surface area contributed by atoms with Gasteiger partial charge in [-0.25, -0.2) is 9.97 Å². The summed E-state index contributed by atoms with van der Waals surface area (Å²) in [6.07, 6.45) is 1.58. The molecule has 3 aromatic heterocycles. The first-order valence-corrected chi connectivity index (χ1v) is 6.71. The average Bonchev–Trinajstić information content (AvgIpc) is 3.06. The highest BCUT2D eigenvalue weighted by Crippen LogP contribution is 2.25. The normalized spacial score (nSPS) is 10.8. The van der Waals surface area contributed by atoms with Gasteiger partial charge < -0.3 is 20.4 Å². The predicted octanol–water partition coefficient (Wildman–Crippen LogP) is 2.18. The molecule has 0 aromatic carbocycles. The molecule has 0 fully saturated rings. The van der Waals surface area contributed by atoms with Crippen LogP contribution in [0.2, 0.25) is 0 Å². The van der Waals surface area contributed by atoms with Crippen LogP contribution in [0.25, 0.3) is 11.5 Å². The van der Waals surface area contributed by atoms with Crippen LogP contribution in [0.15, 0.2) is 44.6 Å². The third kappa shape index (κ3) is 2.75. The van der Waals surface area contributed by atoms with E-state index in [-0.39, 0.29) is 0 Å². The molecule has 7 nitrogen and oxygen atoms in total. The second-order valence-electron chi connectivity index (χ2n) is 3.95. The topological polar surface area (TPSA) is 117 Å². The zero-order valence-corrected chi connectivity index (χ0v) is 11.1. The Morgan fingerprint density at radius 3 is 2.60 bits per heavy atom. The van der Waals surface area contributed by atoms with Gasteiger partial charge in [-0.3, -0.25) is 0 Å². The molecule has 0 amide bonds. The van der Waals surface area contributed by atoms with Crippen molar-refractivity contribution in [1.82, 2.24) is 15.1 Å². The number of hydrogen-bond donors (Lipinski definition) is 2. The third-order valence-corrected chi connectivity index (χ3v) is 3.30. The van der Waals surface area contributed by atoms with E-state index in [0.717, 1.165) is 5.69 Å². The van der Waals surface area contributed by atoms with Gasteiger partial charge >= 0.3 is 0 Å². The Kier molecular flexibility index (Phi) is 3.30. The number of anilines is 2. The monoisotopic (exact) mass is 289 g/mol. The zero-order valence-electron chi connectivity index (χ0n) is 10.3. The highest BCUT2D eigenvalue weighted by atomic mass is 32.2. The summed E-state index contributed by atoms with van der Waals surface area (Å²) in [7, 11) is 0. The number of nitrogen functional groups attached to an aromatic ring is 2. The Morgan fingerprint density at radius 2 is 1.90 bits per heavy atom. The Balaban J connectivity index is 1.69. The lowest BCUT2D eigenvalue weighted by Gasteiger charge is -2.00. The summed E-state index contributed by atoms with van der Waals surface area (Å²) in [6, 6.07) is 6.91. The summed E-state index contributed by atoms with van der Waals surface area (Å²) in [5, 5.41) is 4.46. The van der Waals surface area contributed by atoms with E-state index in [1.807, 2.05) is 6.07 Å². The maximum Gasteiger partial charge on any atom is 0.202 e. The molecule has 0 aliphatic carbocycles. The number of furan rings is 1. The fourth-order valence-corrected chi connectivity index (χ4v) is 2.33. The van der Waals surface area contributed by atoms with Crippen LogP contribution in [0.3, 0.4) is 0 Å². The molecule has 3 heterocycles. The lowest BCUT2D eigenvalue weighted by atomic mass is 10.3. The number of hydrogen-bond acceptors (Lipinski definition) is 8. The van der Waals surface area contributed by atoms with E-state index in [1.165, 1.54) is 17.8 Å². The van der Waals surface area contributed by atoms with Crippen molar-refractivity contribution in [1.29, 1.82) is 0 Å². The van der Waals surface area contributed by atoms with Gasteiger partial charge in [-0.15, -0.1) is 0 Å². The first kappa shape index (κ1) is 12.5. The van der Waals surface area contributed by atoms with Gasteiger partial charge in [0.05, 0.1) is 12.0 Å². The average molecular weight is 289 g/mol. The maximum atomic E-state index is 5.61. The maximum absolute atomic E-state index is 5.61. The SMILES string of the molecule is Nc1cc(N)nc(SCc2cc(-c3ccco3)on2)n1. The second-order valence-corrected chi connectivity index (χ2v) is 4.89. The van der Waals surface area contributed by atoms with Gasteiger partial charge in [0, 0.05) is 17.9 Å². The minimum absolute atomic E-state index is 0.344. The van der Waals surface area contributed by atoms with E-state index in [0.29, 0.717) is 34.1 Å². The van der Waals surface area contributed by atoms with Crippen molar-refractivity contribution in [3.05, 3.63) is 36.2 Å². The molecule has 0 spiro atoms. The summed E-state index contributed by atoms with van der Waals surface area (Å²) >= 11 is 1.38. The van der Waals surface area contributed by atoms with Gasteiger partial charge in [0.2, 0.25) is 5.76 Å². The van der Waals surface area contributed by atoms with Crippen LogP contribution in [-0.2, 0) is 5.75 Å². The number of thioether (sulfide) groups is 1. The summed E-state index contributed by atoms with van der Waals surface area (Å²) in [5.74, 6) is 2.46. The molecule has 0 atom stereocenters. The van der Waals surface area contributed by atoms with Crippen molar-refractivity contribution in [2.75, 3.05) is 11.5 Å². The minimum Gasteiger partial charge on any atom is -0.461 e. The first-order valence-electron chi connectivity index (χ1n) is 5.73. The molecule has 3 rings (SSSR count). The van der Waals surface area contributed by atoms with Crippen molar-refractivity contribution >= 4 is 23.4 Å². The second kappa shape index (κ2) is 5.25. The Hall–Kier alpha value is -2.48. The third-order valence-electron chi connectivity index (χ3n) is 2.42. The number of rotatable bonds is 4. The van der Waals surface area contributed by atoms with Crippen LogP contribution in [0.4, 0.5) is 11.6 Å². The van der Waals surface area contributed by atoms with Crippen LogP contribution >= 0.6 is 11.8 Å². The van der Waals surface area contributed by atoms with Gasteiger partial charge in [0.15, 0.2) is 10.9 Å². The molecule has 8 heteroatoms. The highest BCUT2D eigenvalue weighted by molar-refractivity contribution is 7.98. The molecule has 4 N–H and O–H groups in total. The zero-order chi connectivity index (χ0) is 13.9. The van der Waals surface area contributed by atoms with E-state index >= 15 is 0 Å². The molecule has 20 heavy (non-hydrogen) atoms. The number of aromatic nitrogens is 3. The van der Waals surface area contributed by atoms with Gasteiger partial charge in [-0.2, -0.15) is 0 Å². The lowest BCUT2D eigenvalue weighted by Crippen LogP contribution is -1.99. The Labute approximate surface area is 118 Å². The fourth-order valence-electron chi connectivity index (χ4n) is 1.58. The molecule has 3 aromatic rings. The summed E-state index contributed by atoms with van der Waals surface area (Å²) in [5.41, 5.74) is 12.0. The molecule has 0 aliphatic heterocycles. The van der Waals surface area contributed by atoms with Crippen molar-refractivity contribution < 1.29 is 8.94 Å². The standard InChI is InChI=1S/C12H11N5O2S/c13-10-5-11(14)16-12(15-10)20-6-7-4-9(19-17-7)8-2-1-3-18-8/h1-5H,6H2,(H4,13,14,15,16). The molecular weight excluding hydrogens is 278 g/mol. The Morgan fingerprint density at radius 1 is 1.10 bits per heavy atom. The van der Waals surface area contributed by atoms with Gasteiger partial charge in [0.1, 0.15) is 11.6 Å². The molecule has 0 bridgehead atoms. The van der Waals surface area contributed by atoms with Gasteiger partial charge in [-0.05, 0) is 12.1 Å². The molecular formula is C12H11N5O2S. The highest BCUT2D eigenvalue weighted by Gasteiger charge is 2.10. The van der Waals surface area contributed by atoms with Crippen LogP contribution in [0.5, 0.6) is 0 Å². The van der Waals surface area contributed by atoms with Crippen LogP contribution in [0.1, 0.15) is 5.69 Å². The molecule has 0 unspecified atom stereocenters. The van der Waals surface area contributed by atoms with Crippen LogP contribution in [0, 0.1) is 0 Å². The minimum atomic E-state index is 0.344. The lowest BCUT2D eigenvalue weighted by molar-refractivity contribution is 0.413.